The van der Waals surface area contributed by atoms with Gasteiger partial charge in [-0.15, -0.1) is 0 Å². The Labute approximate surface area is 233 Å². The van der Waals surface area contributed by atoms with Crippen LogP contribution in [0.15, 0.2) is 113 Å². The van der Waals surface area contributed by atoms with Gasteiger partial charge in [-0.2, -0.15) is 0 Å². The van der Waals surface area contributed by atoms with Crippen molar-refractivity contribution in [2.45, 2.75) is 36.0 Å². The summed E-state index contributed by atoms with van der Waals surface area (Å²) < 4.78 is 26.9. The number of aromatic hydroxyl groups is 2. The van der Waals surface area contributed by atoms with E-state index in [0.29, 0.717) is 16.8 Å². The Balaban J connectivity index is 1.42. The maximum atomic E-state index is 13.4. The zero-order valence-corrected chi connectivity index (χ0v) is 23.2. The minimum atomic E-state index is -3.80. The van der Waals surface area contributed by atoms with E-state index in [4.69, 9.17) is 0 Å². The molecule has 7 heteroatoms. The van der Waals surface area contributed by atoms with Crippen molar-refractivity contribution in [1.29, 1.82) is 0 Å². The molecule has 0 unspecified atom stereocenters. The van der Waals surface area contributed by atoms with Crippen molar-refractivity contribution >= 4 is 32.2 Å². The summed E-state index contributed by atoms with van der Waals surface area (Å²) in [6, 6.07) is 29.3. The van der Waals surface area contributed by atoms with E-state index in [1.165, 1.54) is 36.4 Å². The molecule has 3 N–H and O–H groups in total. The number of sulfone groups is 1. The molecule has 5 aromatic carbocycles. The molecule has 0 aliphatic rings. The predicted octanol–water partition coefficient (Wildman–Crippen LogP) is 7.30. The molecule has 0 bridgehead atoms. The number of fused-ring (bicyclic) bond motifs is 1. The fourth-order valence-corrected chi connectivity index (χ4v) is 6.36. The van der Waals surface area contributed by atoms with E-state index in [1.54, 1.807) is 12.1 Å². The second-order valence-corrected chi connectivity index (χ2v) is 12.6. The van der Waals surface area contributed by atoms with Crippen LogP contribution >= 0.6 is 0 Å². The first kappa shape index (κ1) is 27.0. The molecule has 0 heterocycles. The fourth-order valence-electron chi connectivity index (χ4n) is 4.69. The molecular weight excluding hydrogens is 522 g/mol. The van der Waals surface area contributed by atoms with Crippen LogP contribution in [-0.2, 0) is 15.3 Å². The lowest BCUT2D eigenvalue weighted by molar-refractivity contribution is 0.102. The molecule has 6 nitrogen and oxygen atoms in total. The van der Waals surface area contributed by atoms with Gasteiger partial charge in [0.1, 0.15) is 0 Å². The number of hydrogen-bond acceptors (Lipinski definition) is 5. The third kappa shape index (κ3) is 5.16. The topological polar surface area (TPSA) is 104 Å². The molecule has 5 aromatic rings. The summed E-state index contributed by atoms with van der Waals surface area (Å²) in [7, 11) is -3.80. The summed E-state index contributed by atoms with van der Waals surface area (Å²) in [6.45, 7) is 5.88. The number of benzene rings is 5. The van der Waals surface area contributed by atoms with E-state index in [0.717, 1.165) is 16.3 Å². The van der Waals surface area contributed by atoms with Gasteiger partial charge in [0.25, 0.3) is 5.91 Å². The summed E-state index contributed by atoms with van der Waals surface area (Å²) in [4.78, 5) is 13.5. The van der Waals surface area contributed by atoms with E-state index in [-0.39, 0.29) is 20.8 Å². The fraction of sp³-hybridized carbons (Fsp3) is 0.121. The molecule has 5 rings (SSSR count). The molecule has 0 aliphatic heterocycles. The Morgan fingerprint density at radius 2 is 1.38 bits per heavy atom. The van der Waals surface area contributed by atoms with Crippen molar-refractivity contribution in [3.8, 4) is 22.6 Å². The van der Waals surface area contributed by atoms with Gasteiger partial charge in [-0.05, 0) is 81.4 Å². The third-order valence-electron chi connectivity index (χ3n) is 6.82. The first-order chi connectivity index (χ1) is 18.9. The Kier molecular flexibility index (Phi) is 6.85. The Bertz CT molecular complexity index is 1850. The number of hydrogen-bond donors (Lipinski definition) is 3. The lowest BCUT2D eigenvalue weighted by Gasteiger charge is -2.22. The van der Waals surface area contributed by atoms with Crippen LogP contribution in [0.25, 0.3) is 21.9 Å². The average molecular weight is 552 g/mol. The number of phenols is 2. The molecule has 40 heavy (non-hydrogen) atoms. The second-order valence-electron chi connectivity index (χ2n) is 10.7. The van der Waals surface area contributed by atoms with Crippen LogP contribution in [0.1, 0.15) is 36.7 Å². The number of carbonyl (C=O) groups is 1. The number of rotatable bonds is 5. The van der Waals surface area contributed by atoms with Crippen molar-refractivity contribution < 1.29 is 23.4 Å². The summed E-state index contributed by atoms with van der Waals surface area (Å²) >= 11 is 0. The Hall–Kier alpha value is -4.62. The van der Waals surface area contributed by atoms with Crippen molar-refractivity contribution in [2.24, 2.45) is 0 Å². The van der Waals surface area contributed by atoms with Crippen LogP contribution in [0.5, 0.6) is 11.5 Å². The van der Waals surface area contributed by atoms with Gasteiger partial charge in [-0.25, -0.2) is 8.42 Å². The zero-order valence-electron chi connectivity index (χ0n) is 22.3. The normalized spacial score (nSPS) is 11.9. The molecule has 0 aliphatic carbocycles. The van der Waals surface area contributed by atoms with E-state index < -0.39 is 27.2 Å². The van der Waals surface area contributed by atoms with Crippen molar-refractivity contribution in [3.63, 3.8) is 0 Å². The van der Waals surface area contributed by atoms with Crippen molar-refractivity contribution in [3.05, 3.63) is 114 Å². The highest BCUT2D eigenvalue weighted by molar-refractivity contribution is 7.91. The highest BCUT2D eigenvalue weighted by atomic mass is 32.2. The number of nitrogens with one attached hydrogen (secondary N) is 1. The summed E-state index contributed by atoms with van der Waals surface area (Å²) in [5, 5.41) is 25.6. The molecule has 1 amide bonds. The second kappa shape index (κ2) is 10.2. The first-order valence-corrected chi connectivity index (χ1v) is 14.2. The summed E-state index contributed by atoms with van der Waals surface area (Å²) in [5.41, 5.74) is 1.90. The maximum Gasteiger partial charge on any atom is 0.259 e. The highest BCUT2D eigenvalue weighted by Crippen LogP contribution is 2.36. The summed E-state index contributed by atoms with van der Waals surface area (Å²) in [6.07, 6.45) is 0. The van der Waals surface area contributed by atoms with Gasteiger partial charge in [-0.1, -0.05) is 75.4 Å². The average Bonchev–Trinajstić information content (AvgIpc) is 2.94. The van der Waals surface area contributed by atoms with Crippen LogP contribution in [0.2, 0.25) is 0 Å². The predicted molar refractivity (Wildman–Crippen MR) is 158 cm³/mol. The van der Waals surface area contributed by atoms with E-state index >= 15 is 0 Å². The quantitative estimate of drug-likeness (QED) is 0.199. The van der Waals surface area contributed by atoms with Crippen molar-refractivity contribution in [2.75, 3.05) is 5.32 Å². The largest absolute Gasteiger partial charge is 0.504 e. The van der Waals surface area contributed by atoms with E-state index in [9.17, 15) is 23.4 Å². The molecule has 0 saturated heterocycles. The van der Waals surface area contributed by atoms with Gasteiger partial charge in [0.2, 0.25) is 9.84 Å². The number of amides is 1. The Morgan fingerprint density at radius 3 is 2.08 bits per heavy atom. The van der Waals surface area contributed by atoms with Crippen LogP contribution in [0.4, 0.5) is 5.69 Å². The van der Waals surface area contributed by atoms with Gasteiger partial charge in [0.05, 0.1) is 15.4 Å². The first-order valence-electron chi connectivity index (χ1n) is 12.8. The Morgan fingerprint density at radius 1 is 0.725 bits per heavy atom. The molecular formula is C33H29NO5S. The van der Waals surface area contributed by atoms with Crippen LogP contribution in [-0.4, -0.2) is 24.5 Å². The monoisotopic (exact) mass is 551 g/mol. The SMILES string of the molecule is CC(C)(C)c1ccccc1S(=O)(=O)c1ccc(NC(=O)c2cc(-c3ccc4ccccc4c3)cc(O)c2O)cc1. The van der Waals surface area contributed by atoms with Crippen LogP contribution < -0.4 is 5.32 Å². The summed E-state index contributed by atoms with van der Waals surface area (Å²) in [5.74, 6) is -1.61. The highest BCUT2D eigenvalue weighted by Gasteiger charge is 2.27. The lowest BCUT2D eigenvalue weighted by atomic mass is 9.87. The molecule has 0 radical (unpaired) electrons. The maximum absolute atomic E-state index is 13.4. The minimum absolute atomic E-state index is 0.0981. The molecule has 0 aromatic heterocycles. The van der Waals surface area contributed by atoms with Gasteiger partial charge < -0.3 is 15.5 Å². The molecule has 0 fully saturated rings. The minimum Gasteiger partial charge on any atom is -0.504 e. The van der Waals surface area contributed by atoms with Gasteiger partial charge in [-0.3, -0.25) is 4.79 Å². The van der Waals surface area contributed by atoms with Crippen LogP contribution in [0.3, 0.4) is 0 Å². The lowest BCUT2D eigenvalue weighted by Crippen LogP contribution is -2.17. The number of carbonyl (C=O) groups excluding carboxylic acids is 1. The third-order valence-corrected chi connectivity index (χ3v) is 8.65. The molecule has 0 atom stereocenters. The van der Waals surface area contributed by atoms with Crippen molar-refractivity contribution in [1.82, 2.24) is 0 Å². The standard InChI is InChI=1S/C33H29NO5S/c1-33(2,3)28-10-6-7-11-30(28)40(38,39)26-16-14-25(15-17-26)34-32(37)27-19-24(20-29(35)31(27)36)23-13-12-21-8-4-5-9-22(21)18-23/h4-20,35-36H,1-3H3,(H,34,37). The molecule has 202 valence electrons. The van der Waals surface area contributed by atoms with Crippen LogP contribution in [0, 0.1) is 0 Å². The molecule has 0 spiro atoms. The number of anilines is 1. The van der Waals surface area contributed by atoms with Gasteiger partial charge in [0, 0.05) is 5.69 Å². The molecule has 0 saturated carbocycles. The zero-order chi connectivity index (χ0) is 28.7. The number of phenolic OH excluding ortho intramolecular Hbond substituents is 2. The van der Waals surface area contributed by atoms with E-state index in [2.05, 4.69) is 5.32 Å². The van der Waals surface area contributed by atoms with Gasteiger partial charge >= 0.3 is 0 Å². The smallest absolute Gasteiger partial charge is 0.259 e. The van der Waals surface area contributed by atoms with Gasteiger partial charge in [0.15, 0.2) is 11.5 Å². The van der Waals surface area contributed by atoms with E-state index in [1.807, 2.05) is 75.4 Å².